The SMILES string of the molecule is CC#CCn1c(N2CCN(C(=O)OC(C)(C)C)CC2)nc2nc(Cl)n(Cc3ccc(C#N)cc3)c(=O)c21. The van der Waals surface area contributed by atoms with E-state index in [1.54, 1.807) is 40.7 Å². The van der Waals surface area contributed by atoms with E-state index in [1.807, 2.05) is 25.7 Å². The molecule has 3 aromatic rings. The number of piperazine rings is 1. The molecule has 10 nitrogen and oxygen atoms in total. The number of halogens is 1. The molecule has 4 rings (SSSR count). The summed E-state index contributed by atoms with van der Waals surface area (Å²) in [6, 6.07) is 9.02. The molecule has 0 radical (unpaired) electrons. The molecule has 1 fully saturated rings. The molecule has 1 aliphatic heterocycles. The molecule has 3 heterocycles. The lowest BCUT2D eigenvalue weighted by molar-refractivity contribution is 0.0240. The van der Waals surface area contributed by atoms with Gasteiger partial charge in [0, 0.05) is 26.2 Å². The highest BCUT2D eigenvalue weighted by molar-refractivity contribution is 6.28. The van der Waals surface area contributed by atoms with Gasteiger partial charge >= 0.3 is 6.09 Å². The van der Waals surface area contributed by atoms with Gasteiger partial charge in [-0.25, -0.2) is 4.79 Å². The third kappa shape index (κ3) is 5.71. The van der Waals surface area contributed by atoms with Crippen LogP contribution < -0.4 is 10.5 Å². The summed E-state index contributed by atoms with van der Waals surface area (Å²) in [5.41, 5.74) is 0.997. The Kier molecular flexibility index (Phi) is 7.42. The fourth-order valence-electron chi connectivity index (χ4n) is 4.05. The maximum atomic E-state index is 13.6. The first kappa shape index (κ1) is 26.1. The number of carbonyl (C=O) groups excluding carboxylic acids is 1. The number of ether oxygens (including phenoxy) is 1. The second-order valence-corrected chi connectivity index (χ2v) is 9.97. The van der Waals surface area contributed by atoms with Crippen LogP contribution in [0.3, 0.4) is 0 Å². The number of nitriles is 1. The zero-order valence-corrected chi connectivity index (χ0v) is 22.0. The van der Waals surface area contributed by atoms with Crippen molar-refractivity contribution < 1.29 is 9.53 Å². The van der Waals surface area contributed by atoms with Gasteiger partial charge in [-0.05, 0) is 57.0 Å². The molecular weight excluding hydrogens is 494 g/mol. The van der Waals surface area contributed by atoms with Gasteiger partial charge in [0.15, 0.2) is 11.2 Å². The Hall–Kier alpha value is -4.02. The summed E-state index contributed by atoms with van der Waals surface area (Å²) in [5.74, 6) is 6.45. The summed E-state index contributed by atoms with van der Waals surface area (Å²) in [5, 5.41) is 9.06. The second kappa shape index (κ2) is 10.5. The highest BCUT2D eigenvalue weighted by Crippen LogP contribution is 2.23. The van der Waals surface area contributed by atoms with Crippen LogP contribution in [0.15, 0.2) is 29.1 Å². The normalized spacial score (nSPS) is 13.7. The lowest BCUT2D eigenvalue weighted by atomic mass is 10.1. The Morgan fingerprint density at radius 2 is 1.78 bits per heavy atom. The van der Waals surface area contributed by atoms with E-state index in [0.29, 0.717) is 43.2 Å². The molecular formula is C26H28ClN7O3. The van der Waals surface area contributed by atoms with Crippen LogP contribution in [-0.2, 0) is 17.8 Å². The first-order chi connectivity index (χ1) is 17.6. The zero-order chi connectivity index (χ0) is 26.7. The molecule has 0 unspecified atom stereocenters. The first-order valence-corrected chi connectivity index (χ1v) is 12.3. The molecule has 0 saturated carbocycles. The van der Waals surface area contributed by atoms with Gasteiger partial charge in [-0.15, -0.1) is 5.92 Å². The van der Waals surface area contributed by atoms with Crippen LogP contribution in [0, 0.1) is 23.2 Å². The van der Waals surface area contributed by atoms with Crippen molar-refractivity contribution in [2.75, 3.05) is 31.1 Å². The minimum absolute atomic E-state index is 0.0226. The quantitative estimate of drug-likeness (QED) is 0.383. The van der Waals surface area contributed by atoms with E-state index in [4.69, 9.17) is 21.6 Å². The summed E-state index contributed by atoms with van der Waals surface area (Å²) in [4.78, 5) is 38.8. The van der Waals surface area contributed by atoms with Crippen LogP contribution in [0.5, 0.6) is 0 Å². The Balaban J connectivity index is 1.67. The number of nitrogens with zero attached hydrogens (tertiary/aromatic N) is 7. The molecule has 1 amide bonds. The van der Waals surface area contributed by atoms with E-state index >= 15 is 0 Å². The van der Waals surface area contributed by atoms with E-state index in [9.17, 15) is 9.59 Å². The van der Waals surface area contributed by atoms with Crippen LogP contribution in [0.1, 0.15) is 38.8 Å². The van der Waals surface area contributed by atoms with Crippen molar-refractivity contribution in [2.45, 2.75) is 46.4 Å². The number of hydrogen-bond donors (Lipinski definition) is 0. The van der Waals surface area contributed by atoms with E-state index < -0.39 is 5.60 Å². The summed E-state index contributed by atoms with van der Waals surface area (Å²) in [6.07, 6.45) is -0.350. The molecule has 0 N–H and O–H groups in total. The first-order valence-electron chi connectivity index (χ1n) is 11.9. The van der Waals surface area contributed by atoms with Crippen molar-refractivity contribution >= 4 is 34.8 Å². The summed E-state index contributed by atoms with van der Waals surface area (Å²) in [6.45, 7) is 9.62. The number of benzene rings is 1. The average Bonchev–Trinajstić information content (AvgIpc) is 3.22. The van der Waals surface area contributed by atoms with Gasteiger partial charge in [0.05, 0.1) is 24.7 Å². The summed E-state index contributed by atoms with van der Waals surface area (Å²) in [7, 11) is 0. The molecule has 1 saturated heterocycles. The minimum atomic E-state index is -0.566. The Labute approximate surface area is 220 Å². The van der Waals surface area contributed by atoms with E-state index in [0.717, 1.165) is 5.56 Å². The molecule has 37 heavy (non-hydrogen) atoms. The van der Waals surface area contributed by atoms with Crippen molar-refractivity contribution in [1.82, 2.24) is 24.0 Å². The van der Waals surface area contributed by atoms with Crippen molar-refractivity contribution in [3.63, 3.8) is 0 Å². The zero-order valence-electron chi connectivity index (χ0n) is 21.3. The number of rotatable bonds is 4. The number of anilines is 1. The maximum absolute atomic E-state index is 13.6. The van der Waals surface area contributed by atoms with Crippen molar-refractivity contribution in [2.24, 2.45) is 0 Å². The van der Waals surface area contributed by atoms with E-state index in [2.05, 4.69) is 27.9 Å². The lowest BCUT2D eigenvalue weighted by Gasteiger charge is -2.36. The molecule has 0 bridgehead atoms. The molecule has 0 spiro atoms. The predicted molar refractivity (Wildman–Crippen MR) is 141 cm³/mol. The molecule has 1 aromatic carbocycles. The van der Waals surface area contributed by atoms with Gasteiger partial charge in [0.2, 0.25) is 11.2 Å². The second-order valence-electron chi connectivity index (χ2n) is 9.63. The topological polar surface area (TPSA) is 109 Å². The fraction of sp³-hybridized carbons (Fsp3) is 0.423. The number of carbonyl (C=O) groups is 1. The van der Waals surface area contributed by atoms with Crippen LogP contribution >= 0.6 is 11.6 Å². The van der Waals surface area contributed by atoms with Gasteiger partial charge in [-0.2, -0.15) is 15.2 Å². The van der Waals surface area contributed by atoms with Crippen LogP contribution in [-0.4, -0.2) is 61.9 Å². The smallest absolute Gasteiger partial charge is 0.410 e. The van der Waals surface area contributed by atoms with Gasteiger partial charge in [-0.1, -0.05) is 18.1 Å². The van der Waals surface area contributed by atoms with Gasteiger partial charge in [-0.3, -0.25) is 13.9 Å². The minimum Gasteiger partial charge on any atom is -0.444 e. The monoisotopic (exact) mass is 521 g/mol. The summed E-state index contributed by atoms with van der Waals surface area (Å²) < 4.78 is 8.63. The molecule has 192 valence electrons. The maximum Gasteiger partial charge on any atom is 0.410 e. The number of hydrogen-bond acceptors (Lipinski definition) is 7. The average molecular weight is 522 g/mol. The standard InChI is InChI=1S/C26H28ClN7O3/c1-5-6-11-33-20-21(29-23(27)34(22(20)35)17-19-9-7-18(16-28)8-10-19)30-24(33)31-12-14-32(15-13-31)25(36)37-26(2,3)4/h7-10H,11-15,17H2,1-4H3. The van der Waals surface area contributed by atoms with Crippen LogP contribution in [0.4, 0.5) is 10.7 Å². The van der Waals surface area contributed by atoms with Crippen molar-refractivity contribution in [3.8, 4) is 17.9 Å². The van der Waals surface area contributed by atoms with Crippen molar-refractivity contribution in [1.29, 1.82) is 5.26 Å². The number of fused-ring (bicyclic) bond motifs is 1. The largest absolute Gasteiger partial charge is 0.444 e. The Bertz CT molecular complexity index is 1480. The summed E-state index contributed by atoms with van der Waals surface area (Å²) >= 11 is 6.43. The third-order valence-electron chi connectivity index (χ3n) is 5.85. The Morgan fingerprint density at radius 3 is 2.38 bits per heavy atom. The van der Waals surface area contributed by atoms with Gasteiger partial charge in [0.25, 0.3) is 5.56 Å². The number of aromatic nitrogens is 4. The van der Waals surface area contributed by atoms with Gasteiger partial charge < -0.3 is 14.5 Å². The fourth-order valence-corrected chi connectivity index (χ4v) is 4.26. The molecule has 11 heteroatoms. The molecule has 1 aliphatic rings. The van der Waals surface area contributed by atoms with Crippen molar-refractivity contribution in [3.05, 3.63) is 51.0 Å². The van der Waals surface area contributed by atoms with E-state index in [1.165, 1.54) is 4.57 Å². The van der Waals surface area contributed by atoms with E-state index in [-0.39, 0.29) is 35.7 Å². The highest BCUT2D eigenvalue weighted by Gasteiger charge is 2.29. The molecule has 0 aliphatic carbocycles. The number of amides is 1. The number of imidazole rings is 1. The van der Waals surface area contributed by atoms with Crippen LogP contribution in [0.25, 0.3) is 11.2 Å². The van der Waals surface area contributed by atoms with Gasteiger partial charge in [0.1, 0.15) is 5.60 Å². The molecule has 2 aromatic heterocycles. The lowest BCUT2D eigenvalue weighted by Crippen LogP contribution is -2.50. The van der Waals surface area contributed by atoms with Crippen LogP contribution in [0.2, 0.25) is 5.28 Å². The molecule has 0 atom stereocenters. The highest BCUT2D eigenvalue weighted by atomic mass is 35.5. The third-order valence-corrected chi connectivity index (χ3v) is 6.14. The Morgan fingerprint density at radius 1 is 1.11 bits per heavy atom. The predicted octanol–water partition coefficient (Wildman–Crippen LogP) is 3.25.